The molecule has 1 aromatic rings. The van der Waals surface area contributed by atoms with E-state index < -0.39 is 54.5 Å². The Hall–Kier alpha value is -3.14. The van der Waals surface area contributed by atoms with Gasteiger partial charge in [-0.3, -0.25) is 14.4 Å². The SMILES string of the molecule is CCCCNC(=O)C(c1cc(C)cc(C)c1)N(CCO)C(=O)C(CC(N)=O)NC(=O)OC(C)(C)C. The first-order valence-electron chi connectivity index (χ1n) is 11.8. The minimum Gasteiger partial charge on any atom is -0.444 e. The van der Waals surface area contributed by atoms with Crippen molar-refractivity contribution < 1.29 is 29.0 Å². The normalized spacial score (nSPS) is 12.9. The predicted molar refractivity (Wildman–Crippen MR) is 132 cm³/mol. The number of nitrogens with one attached hydrogen (secondary N) is 2. The van der Waals surface area contributed by atoms with E-state index in [1.165, 1.54) is 4.90 Å². The molecule has 10 nitrogen and oxygen atoms in total. The van der Waals surface area contributed by atoms with E-state index in [4.69, 9.17) is 10.5 Å². The number of nitrogens with two attached hydrogens (primary N) is 1. The van der Waals surface area contributed by atoms with Gasteiger partial charge in [0.05, 0.1) is 13.0 Å². The Balaban J connectivity index is 3.45. The van der Waals surface area contributed by atoms with Crippen molar-refractivity contribution in [1.29, 1.82) is 0 Å². The highest BCUT2D eigenvalue weighted by Crippen LogP contribution is 2.25. The number of carbonyl (C=O) groups excluding carboxylic acids is 4. The molecular formula is C25H40N4O6. The van der Waals surface area contributed by atoms with Crippen LogP contribution in [-0.4, -0.2) is 65.2 Å². The number of aliphatic hydroxyl groups excluding tert-OH is 1. The molecule has 0 aromatic heterocycles. The smallest absolute Gasteiger partial charge is 0.408 e. The lowest BCUT2D eigenvalue weighted by Crippen LogP contribution is -2.54. The second-order valence-electron chi connectivity index (χ2n) is 9.59. The van der Waals surface area contributed by atoms with Crippen molar-refractivity contribution in [3.05, 3.63) is 34.9 Å². The van der Waals surface area contributed by atoms with Gasteiger partial charge in [0.25, 0.3) is 0 Å². The second kappa shape index (κ2) is 13.7. The van der Waals surface area contributed by atoms with Crippen molar-refractivity contribution in [2.45, 2.75) is 78.5 Å². The number of rotatable bonds is 12. The number of ether oxygens (including phenoxy) is 1. The van der Waals surface area contributed by atoms with E-state index in [2.05, 4.69) is 10.6 Å². The molecule has 1 rings (SSSR count). The third kappa shape index (κ3) is 10.3. The zero-order chi connectivity index (χ0) is 26.8. The summed E-state index contributed by atoms with van der Waals surface area (Å²) in [5, 5.41) is 15.0. The molecule has 1 aromatic carbocycles. The minimum atomic E-state index is -1.38. The van der Waals surface area contributed by atoms with Gasteiger partial charge in [-0.15, -0.1) is 0 Å². The third-order valence-corrected chi connectivity index (χ3v) is 4.97. The van der Waals surface area contributed by atoms with Crippen LogP contribution < -0.4 is 16.4 Å². The Kier molecular flexibility index (Phi) is 11.7. The Morgan fingerprint density at radius 1 is 1.11 bits per heavy atom. The fourth-order valence-corrected chi connectivity index (χ4v) is 3.65. The minimum absolute atomic E-state index is 0.205. The van der Waals surface area contributed by atoms with Crippen LogP contribution in [0.2, 0.25) is 0 Å². The molecule has 0 aliphatic heterocycles. The summed E-state index contributed by atoms with van der Waals surface area (Å²) in [6, 6.07) is 3.04. The van der Waals surface area contributed by atoms with Gasteiger partial charge in [0.2, 0.25) is 17.7 Å². The van der Waals surface area contributed by atoms with Crippen LogP contribution in [0.5, 0.6) is 0 Å². The molecule has 35 heavy (non-hydrogen) atoms. The van der Waals surface area contributed by atoms with Gasteiger partial charge in [-0.1, -0.05) is 42.7 Å². The summed E-state index contributed by atoms with van der Waals surface area (Å²) >= 11 is 0. The van der Waals surface area contributed by atoms with E-state index in [9.17, 15) is 24.3 Å². The first-order chi connectivity index (χ1) is 16.3. The van der Waals surface area contributed by atoms with Crippen LogP contribution in [0, 0.1) is 13.8 Å². The van der Waals surface area contributed by atoms with Gasteiger partial charge in [0, 0.05) is 13.1 Å². The highest BCUT2D eigenvalue weighted by atomic mass is 16.6. The monoisotopic (exact) mass is 492 g/mol. The van der Waals surface area contributed by atoms with Crippen LogP contribution >= 0.6 is 0 Å². The van der Waals surface area contributed by atoms with Crippen LogP contribution in [0.15, 0.2) is 18.2 Å². The number of hydrogen-bond acceptors (Lipinski definition) is 6. The summed E-state index contributed by atoms with van der Waals surface area (Å²) in [7, 11) is 0. The maximum atomic E-state index is 13.6. The van der Waals surface area contributed by atoms with Gasteiger partial charge < -0.3 is 31.1 Å². The Bertz CT molecular complexity index is 876. The molecule has 0 spiro atoms. The van der Waals surface area contributed by atoms with Crippen LogP contribution in [0.25, 0.3) is 0 Å². The van der Waals surface area contributed by atoms with Crippen molar-refractivity contribution >= 4 is 23.8 Å². The maximum Gasteiger partial charge on any atom is 0.408 e. The maximum absolute atomic E-state index is 13.6. The summed E-state index contributed by atoms with van der Waals surface area (Å²) in [6.45, 7) is 10.5. The topological polar surface area (TPSA) is 151 Å². The standard InChI is InChI=1S/C25H40N4O6/c1-7-8-9-27-22(32)21(18-13-16(2)12-17(3)14-18)29(10-11-30)23(33)19(15-20(26)31)28-24(34)35-25(4,5)6/h12-14,19,21,30H,7-11,15H2,1-6H3,(H2,26,31)(H,27,32)(H,28,34). The van der Waals surface area contributed by atoms with Crippen LogP contribution in [0.4, 0.5) is 4.79 Å². The number of unbranched alkanes of at least 4 members (excludes halogenated alkanes) is 1. The highest BCUT2D eigenvalue weighted by molar-refractivity contribution is 5.94. The summed E-state index contributed by atoms with van der Waals surface area (Å²) in [6.07, 6.45) is 0.214. The molecule has 0 aliphatic carbocycles. The molecule has 0 radical (unpaired) electrons. The third-order valence-electron chi connectivity index (χ3n) is 4.97. The number of benzene rings is 1. The van der Waals surface area contributed by atoms with Crippen molar-refractivity contribution in [2.75, 3.05) is 19.7 Å². The first-order valence-corrected chi connectivity index (χ1v) is 11.8. The molecule has 2 unspecified atom stereocenters. The van der Waals surface area contributed by atoms with E-state index in [0.717, 1.165) is 24.0 Å². The number of amides is 4. The number of nitrogens with zero attached hydrogens (tertiary/aromatic N) is 1. The van der Waals surface area contributed by atoms with Crippen molar-refractivity contribution in [3.63, 3.8) is 0 Å². The second-order valence-corrected chi connectivity index (χ2v) is 9.59. The summed E-state index contributed by atoms with van der Waals surface area (Å²) in [5.41, 5.74) is 6.84. The van der Waals surface area contributed by atoms with Gasteiger partial charge in [-0.2, -0.15) is 0 Å². The molecule has 4 amide bonds. The molecule has 0 saturated heterocycles. The Morgan fingerprint density at radius 2 is 1.71 bits per heavy atom. The average Bonchev–Trinajstić information content (AvgIpc) is 2.70. The summed E-state index contributed by atoms with van der Waals surface area (Å²) in [4.78, 5) is 52.3. The molecule has 0 fully saturated rings. The molecule has 0 saturated carbocycles. The predicted octanol–water partition coefficient (Wildman–Crippen LogP) is 1.85. The zero-order valence-corrected chi connectivity index (χ0v) is 21.6. The van der Waals surface area contributed by atoms with Gasteiger partial charge >= 0.3 is 6.09 Å². The number of hydrogen-bond donors (Lipinski definition) is 4. The summed E-state index contributed by atoms with van der Waals surface area (Å²) < 4.78 is 5.23. The van der Waals surface area contributed by atoms with Crippen LogP contribution in [-0.2, 0) is 19.1 Å². The quantitative estimate of drug-likeness (QED) is 0.327. The first kappa shape index (κ1) is 29.9. The molecule has 2 atom stereocenters. The van der Waals surface area contributed by atoms with Crippen LogP contribution in [0.1, 0.15) is 69.7 Å². The molecule has 196 valence electrons. The number of aryl methyl sites for hydroxylation is 2. The van der Waals surface area contributed by atoms with E-state index in [1.54, 1.807) is 32.9 Å². The largest absolute Gasteiger partial charge is 0.444 e. The van der Waals surface area contributed by atoms with E-state index in [0.29, 0.717) is 12.1 Å². The lowest BCUT2D eigenvalue weighted by molar-refractivity contribution is -0.143. The Morgan fingerprint density at radius 3 is 2.20 bits per heavy atom. The number of primary amides is 1. The van der Waals surface area contributed by atoms with Crippen molar-refractivity contribution in [1.82, 2.24) is 15.5 Å². The van der Waals surface area contributed by atoms with E-state index in [1.807, 2.05) is 26.8 Å². The fraction of sp³-hybridized carbons (Fsp3) is 0.600. The van der Waals surface area contributed by atoms with Crippen LogP contribution in [0.3, 0.4) is 0 Å². The Labute approximate surface area is 207 Å². The number of aliphatic hydroxyl groups is 1. The number of alkyl carbamates (subject to hydrolysis) is 1. The molecule has 0 aliphatic rings. The van der Waals surface area contributed by atoms with Crippen molar-refractivity contribution in [2.24, 2.45) is 5.73 Å². The molecule has 0 heterocycles. The fourth-order valence-electron chi connectivity index (χ4n) is 3.65. The molecule has 0 bridgehead atoms. The zero-order valence-electron chi connectivity index (χ0n) is 21.6. The van der Waals surface area contributed by atoms with Crippen molar-refractivity contribution in [3.8, 4) is 0 Å². The van der Waals surface area contributed by atoms with Gasteiger partial charge in [0.15, 0.2) is 0 Å². The molecular weight excluding hydrogens is 452 g/mol. The van der Waals surface area contributed by atoms with E-state index >= 15 is 0 Å². The molecule has 5 N–H and O–H groups in total. The average molecular weight is 493 g/mol. The van der Waals surface area contributed by atoms with Gasteiger partial charge in [-0.05, 0) is 46.6 Å². The molecule has 10 heteroatoms. The lowest BCUT2D eigenvalue weighted by atomic mass is 9.98. The van der Waals surface area contributed by atoms with E-state index in [-0.39, 0.29) is 6.54 Å². The van der Waals surface area contributed by atoms with Gasteiger partial charge in [-0.25, -0.2) is 4.79 Å². The summed E-state index contributed by atoms with van der Waals surface area (Å²) in [5.74, 6) is -1.99. The highest BCUT2D eigenvalue weighted by Gasteiger charge is 2.36. The lowest BCUT2D eigenvalue weighted by Gasteiger charge is -2.34. The van der Waals surface area contributed by atoms with Gasteiger partial charge in [0.1, 0.15) is 17.7 Å². The number of carbonyl (C=O) groups is 4.